The van der Waals surface area contributed by atoms with E-state index in [0.29, 0.717) is 24.5 Å². The van der Waals surface area contributed by atoms with Crippen LogP contribution in [0.25, 0.3) is 11.0 Å². The summed E-state index contributed by atoms with van der Waals surface area (Å²) in [7, 11) is 3.19. The van der Waals surface area contributed by atoms with Crippen molar-refractivity contribution in [3.63, 3.8) is 0 Å². The van der Waals surface area contributed by atoms with E-state index in [9.17, 15) is 4.79 Å². The zero-order chi connectivity index (χ0) is 26.5. The summed E-state index contributed by atoms with van der Waals surface area (Å²) < 4.78 is 13.0. The van der Waals surface area contributed by atoms with Crippen LogP contribution < -0.4 is 14.8 Å². The van der Waals surface area contributed by atoms with Gasteiger partial charge in [-0.25, -0.2) is 4.98 Å². The molecule has 1 N–H and O–H groups in total. The van der Waals surface area contributed by atoms with Gasteiger partial charge in [0.25, 0.3) is 0 Å². The number of nitrogens with one attached hydrogen (secondary N) is 1. The van der Waals surface area contributed by atoms with E-state index in [-0.39, 0.29) is 5.91 Å². The van der Waals surface area contributed by atoms with Gasteiger partial charge < -0.3 is 19.4 Å². The lowest BCUT2D eigenvalue weighted by Crippen LogP contribution is -2.26. The average Bonchev–Trinajstić information content (AvgIpc) is 3.24. The number of rotatable bonds is 10. The Labute approximate surface area is 219 Å². The van der Waals surface area contributed by atoms with Crippen molar-refractivity contribution in [3.8, 4) is 11.5 Å². The van der Waals surface area contributed by atoms with Crippen molar-refractivity contribution in [2.24, 2.45) is 0 Å². The first-order valence-electron chi connectivity index (χ1n) is 12.8. The highest BCUT2D eigenvalue weighted by atomic mass is 16.5. The average molecular weight is 500 g/mol. The summed E-state index contributed by atoms with van der Waals surface area (Å²) >= 11 is 0. The van der Waals surface area contributed by atoms with Gasteiger partial charge in [-0.05, 0) is 91.8 Å². The molecular weight excluding hydrogens is 462 g/mol. The predicted octanol–water partition coefficient (Wildman–Crippen LogP) is 5.63. The second-order valence-electron chi connectivity index (χ2n) is 9.66. The maximum atomic E-state index is 12.6. The van der Waals surface area contributed by atoms with Crippen molar-refractivity contribution in [1.29, 1.82) is 0 Å². The van der Waals surface area contributed by atoms with E-state index in [1.165, 1.54) is 27.8 Å². The monoisotopic (exact) mass is 499 g/mol. The summed E-state index contributed by atoms with van der Waals surface area (Å²) in [5.74, 6) is 2.32. The summed E-state index contributed by atoms with van der Waals surface area (Å²) in [5.41, 5.74) is 9.73. The molecule has 37 heavy (non-hydrogen) atoms. The molecular formula is C31H37N3O3. The van der Waals surface area contributed by atoms with Gasteiger partial charge in [0, 0.05) is 19.5 Å². The smallest absolute Gasteiger partial charge is 0.224 e. The van der Waals surface area contributed by atoms with E-state index in [1.54, 1.807) is 14.2 Å². The number of hydrogen-bond donors (Lipinski definition) is 1. The predicted molar refractivity (Wildman–Crippen MR) is 149 cm³/mol. The summed E-state index contributed by atoms with van der Waals surface area (Å²) in [6, 6.07) is 16.1. The van der Waals surface area contributed by atoms with Crippen LogP contribution in [-0.2, 0) is 24.2 Å². The van der Waals surface area contributed by atoms with Crippen LogP contribution in [0.2, 0.25) is 0 Å². The Morgan fingerprint density at radius 1 is 0.919 bits per heavy atom. The normalized spacial score (nSPS) is 11.1. The number of amides is 1. The minimum absolute atomic E-state index is 0.0118. The quantitative estimate of drug-likeness (QED) is 0.287. The fourth-order valence-corrected chi connectivity index (χ4v) is 4.90. The molecule has 0 aliphatic rings. The third kappa shape index (κ3) is 5.79. The number of hydrogen-bond acceptors (Lipinski definition) is 4. The summed E-state index contributed by atoms with van der Waals surface area (Å²) in [4.78, 5) is 17.5. The van der Waals surface area contributed by atoms with Gasteiger partial charge in [-0.2, -0.15) is 0 Å². The molecule has 0 radical (unpaired) electrons. The number of methoxy groups -OCH3 is 2. The molecule has 0 aliphatic carbocycles. The lowest BCUT2D eigenvalue weighted by Gasteiger charge is -2.18. The number of benzene rings is 3. The molecule has 0 aliphatic heterocycles. The number of aromatic nitrogens is 2. The van der Waals surface area contributed by atoms with Crippen LogP contribution in [-0.4, -0.2) is 36.2 Å². The van der Waals surface area contributed by atoms with Crippen LogP contribution in [0, 0.1) is 27.7 Å². The van der Waals surface area contributed by atoms with Gasteiger partial charge in [-0.3, -0.25) is 4.79 Å². The molecule has 0 bridgehead atoms. The standard InChI is InChI=1S/C31H37N3O3/c1-20-16-21(2)23(4)25(22(20)3)19-34-27-11-8-7-10-26(27)33-30(34)12-9-15-32-31(35)18-24-13-14-28(36-5)29(17-24)37-6/h7-8,10-11,13-14,16-17H,9,12,15,18-19H2,1-6H3,(H,32,35). The summed E-state index contributed by atoms with van der Waals surface area (Å²) in [5, 5.41) is 3.06. The summed E-state index contributed by atoms with van der Waals surface area (Å²) in [6.07, 6.45) is 1.89. The Kier molecular flexibility index (Phi) is 8.17. The lowest BCUT2D eigenvalue weighted by atomic mass is 9.94. The highest BCUT2D eigenvalue weighted by molar-refractivity contribution is 5.79. The van der Waals surface area contributed by atoms with E-state index in [1.807, 2.05) is 24.3 Å². The molecule has 4 rings (SSSR count). The van der Waals surface area contributed by atoms with Gasteiger partial charge in [0.1, 0.15) is 5.82 Å². The molecule has 1 amide bonds. The SMILES string of the molecule is COc1ccc(CC(=O)NCCCc2nc3ccccc3n2Cc2c(C)c(C)cc(C)c2C)cc1OC. The first-order chi connectivity index (χ1) is 17.8. The third-order valence-corrected chi connectivity index (χ3v) is 7.28. The van der Waals surface area contributed by atoms with Crippen LogP contribution in [0.1, 0.15) is 45.6 Å². The zero-order valence-electron chi connectivity index (χ0n) is 22.8. The number of ether oxygens (including phenoxy) is 2. The number of carbonyl (C=O) groups is 1. The fraction of sp³-hybridized carbons (Fsp3) is 0.355. The molecule has 194 valence electrons. The van der Waals surface area contributed by atoms with Gasteiger partial charge in [-0.15, -0.1) is 0 Å². The molecule has 6 nitrogen and oxygen atoms in total. The molecule has 0 spiro atoms. The van der Waals surface area contributed by atoms with Crippen molar-refractivity contribution < 1.29 is 14.3 Å². The van der Waals surface area contributed by atoms with Crippen LogP contribution >= 0.6 is 0 Å². The van der Waals surface area contributed by atoms with Crippen LogP contribution in [0.3, 0.4) is 0 Å². The first-order valence-corrected chi connectivity index (χ1v) is 12.8. The Morgan fingerprint density at radius 3 is 2.32 bits per heavy atom. The molecule has 1 aromatic heterocycles. The number of para-hydroxylation sites is 2. The molecule has 0 saturated heterocycles. The second-order valence-corrected chi connectivity index (χ2v) is 9.66. The molecule has 1 heterocycles. The third-order valence-electron chi connectivity index (χ3n) is 7.28. The zero-order valence-corrected chi connectivity index (χ0v) is 22.8. The molecule has 0 atom stereocenters. The van der Waals surface area contributed by atoms with E-state index < -0.39 is 0 Å². The summed E-state index contributed by atoms with van der Waals surface area (Å²) in [6.45, 7) is 10.2. The van der Waals surface area contributed by atoms with Gasteiger partial charge in [0.05, 0.1) is 31.7 Å². The molecule has 4 aromatic rings. The minimum Gasteiger partial charge on any atom is -0.493 e. The molecule has 0 unspecified atom stereocenters. The fourth-order valence-electron chi connectivity index (χ4n) is 4.90. The van der Waals surface area contributed by atoms with Crippen LogP contribution in [0.4, 0.5) is 0 Å². The number of aryl methyl sites for hydroxylation is 3. The molecule has 6 heteroatoms. The van der Waals surface area contributed by atoms with Crippen molar-refractivity contribution >= 4 is 16.9 Å². The molecule has 3 aromatic carbocycles. The van der Waals surface area contributed by atoms with E-state index in [2.05, 4.69) is 61.8 Å². The van der Waals surface area contributed by atoms with E-state index in [4.69, 9.17) is 14.5 Å². The number of nitrogens with zero attached hydrogens (tertiary/aromatic N) is 2. The Hall–Kier alpha value is -3.80. The van der Waals surface area contributed by atoms with E-state index in [0.717, 1.165) is 41.8 Å². The lowest BCUT2D eigenvalue weighted by molar-refractivity contribution is -0.120. The van der Waals surface area contributed by atoms with Gasteiger partial charge >= 0.3 is 0 Å². The number of fused-ring (bicyclic) bond motifs is 1. The maximum absolute atomic E-state index is 12.6. The second kappa shape index (κ2) is 11.5. The van der Waals surface area contributed by atoms with Crippen LogP contribution in [0.5, 0.6) is 11.5 Å². The topological polar surface area (TPSA) is 65.4 Å². The number of imidazole rings is 1. The Morgan fingerprint density at radius 2 is 1.62 bits per heavy atom. The van der Waals surface area contributed by atoms with Crippen molar-refractivity contribution in [2.75, 3.05) is 20.8 Å². The highest BCUT2D eigenvalue weighted by Crippen LogP contribution is 2.28. The van der Waals surface area contributed by atoms with Crippen molar-refractivity contribution in [2.45, 2.75) is 53.5 Å². The molecule has 0 saturated carbocycles. The highest BCUT2D eigenvalue weighted by Gasteiger charge is 2.15. The minimum atomic E-state index is -0.0118. The first kappa shape index (κ1) is 26.3. The number of carbonyl (C=O) groups excluding carboxylic acids is 1. The van der Waals surface area contributed by atoms with Crippen molar-refractivity contribution in [1.82, 2.24) is 14.9 Å². The van der Waals surface area contributed by atoms with Crippen molar-refractivity contribution in [3.05, 3.63) is 87.7 Å². The Bertz CT molecular complexity index is 1390. The maximum Gasteiger partial charge on any atom is 0.224 e. The van der Waals surface area contributed by atoms with Gasteiger partial charge in [0.15, 0.2) is 11.5 Å². The van der Waals surface area contributed by atoms with Crippen LogP contribution in [0.15, 0.2) is 48.5 Å². The largest absolute Gasteiger partial charge is 0.493 e. The van der Waals surface area contributed by atoms with Gasteiger partial charge in [-0.1, -0.05) is 24.3 Å². The van der Waals surface area contributed by atoms with E-state index >= 15 is 0 Å². The van der Waals surface area contributed by atoms with Gasteiger partial charge in [0.2, 0.25) is 5.91 Å². The molecule has 0 fully saturated rings. The Balaban J connectivity index is 1.44.